The Labute approximate surface area is 99.6 Å². The Morgan fingerprint density at radius 3 is 2.44 bits per heavy atom. The molecular weight excluding hydrogens is 287 g/mol. The van der Waals surface area contributed by atoms with Crippen LogP contribution in [0.5, 0.6) is 5.75 Å². The Morgan fingerprint density at radius 1 is 1.50 bits per heavy atom. The molecule has 0 radical (unpaired) electrons. The number of methoxy groups -OCH3 is 1. The number of pyridine rings is 1. The Kier molecular flexibility index (Phi) is 3.92. The van der Waals surface area contributed by atoms with Gasteiger partial charge in [-0.2, -0.15) is 0 Å². The SMILES string of the molecule is COc1c(C(F)F)cnc(Cl)c1S(=O)(=O)Cl. The van der Waals surface area contributed by atoms with Crippen LogP contribution in [0.1, 0.15) is 12.0 Å². The predicted molar refractivity (Wildman–Crippen MR) is 53.8 cm³/mol. The summed E-state index contributed by atoms with van der Waals surface area (Å²) >= 11 is 5.47. The van der Waals surface area contributed by atoms with Gasteiger partial charge in [0.05, 0.1) is 12.7 Å². The normalized spacial score (nSPS) is 11.9. The first-order chi connectivity index (χ1) is 7.29. The van der Waals surface area contributed by atoms with Crippen LogP contribution in [0.3, 0.4) is 0 Å². The number of halogens is 4. The summed E-state index contributed by atoms with van der Waals surface area (Å²) in [6.07, 6.45) is -2.21. The molecular formula is C7H5Cl2F2NO3S. The topological polar surface area (TPSA) is 56.3 Å². The zero-order valence-electron chi connectivity index (χ0n) is 7.75. The molecule has 0 aliphatic rings. The van der Waals surface area contributed by atoms with E-state index in [1.807, 2.05) is 0 Å². The molecule has 0 spiro atoms. The number of aromatic nitrogens is 1. The van der Waals surface area contributed by atoms with Crippen LogP contribution in [-0.2, 0) is 9.05 Å². The summed E-state index contributed by atoms with van der Waals surface area (Å²) in [6.45, 7) is 0. The van der Waals surface area contributed by atoms with Gasteiger partial charge in [0.2, 0.25) is 0 Å². The van der Waals surface area contributed by atoms with Gasteiger partial charge in [0, 0.05) is 16.9 Å². The van der Waals surface area contributed by atoms with Crippen LogP contribution in [0.2, 0.25) is 5.15 Å². The van der Waals surface area contributed by atoms with Crippen LogP contribution < -0.4 is 4.74 Å². The van der Waals surface area contributed by atoms with Crippen molar-refractivity contribution in [3.63, 3.8) is 0 Å². The molecule has 0 bridgehead atoms. The number of rotatable bonds is 3. The lowest BCUT2D eigenvalue weighted by molar-refractivity contribution is 0.146. The average Bonchev–Trinajstić information content (AvgIpc) is 2.14. The summed E-state index contributed by atoms with van der Waals surface area (Å²) in [5.74, 6) is -0.593. The second kappa shape index (κ2) is 4.68. The van der Waals surface area contributed by atoms with Gasteiger partial charge in [0.15, 0.2) is 15.8 Å². The first kappa shape index (κ1) is 13.4. The molecule has 0 aliphatic heterocycles. The van der Waals surface area contributed by atoms with E-state index in [-0.39, 0.29) is 0 Å². The van der Waals surface area contributed by atoms with Gasteiger partial charge in [0.1, 0.15) is 0 Å². The molecule has 16 heavy (non-hydrogen) atoms. The largest absolute Gasteiger partial charge is 0.495 e. The fourth-order valence-corrected chi connectivity index (χ4v) is 2.71. The second-order valence-electron chi connectivity index (χ2n) is 2.61. The molecule has 0 saturated carbocycles. The van der Waals surface area contributed by atoms with Gasteiger partial charge in [-0.15, -0.1) is 0 Å². The summed E-state index contributed by atoms with van der Waals surface area (Å²) in [5.41, 5.74) is -0.689. The molecule has 0 aliphatic carbocycles. The van der Waals surface area contributed by atoms with Gasteiger partial charge >= 0.3 is 0 Å². The van der Waals surface area contributed by atoms with Gasteiger partial charge in [-0.3, -0.25) is 0 Å². The molecule has 0 aromatic carbocycles. The van der Waals surface area contributed by atoms with Gasteiger partial charge in [-0.1, -0.05) is 11.6 Å². The monoisotopic (exact) mass is 291 g/mol. The Bertz CT molecular complexity index is 507. The minimum Gasteiger partial charge on any atom is -0.495 e. The zero-order chi connectivity index (χ0) is 12.5. The maximum atomic E-state index is 12.5. The van der Waals surface area contributed by atoms with E-state index in [1.54, 1.807) is 0 Å². The fraction of sp³-hybridized carbons (Fsp3) is 0.286. The van der Waals surface area contributed by atoms with Crippen molar-refractivity contribution in [1.82, 2.24) is 4.98 Å². The molecule has 1 rings (SSSR count). The third-order valence-corrected chi connectivity index (χ3v) is 3.38. The number of nitrogens with zero attached hydrogens (tertiary/aromatic N) is 1. The van der Waals surface area contributed by atoms with Crippen LogP contribution in [-0.4, -0.2) is 20.5 Å². The van der Waals surface area contributed by atoms with Crippen molar-refractivity contribution in [3.05, 3.63) is 16.9 Å². The number of ether oxygens (including phenoxy) is 1. The first-order valence-corrected chi connectivity index (χ1v) is 6.43. The molecule has 1 heterocycles. The summed E-state index contributed by atoms with van der Waals surface area (Å²) < 4.78 is 51.9. The van der Waals surface area contributed by atoms with Crippen LogP contribution in [0.15, 0.2) is 11.1 Å². The van der Waals surface area contributed by atoms with E-state index in [0.717, 1.165) is 13.3 Å². The average molecular weight is 292 g/mol. The highest BCUT2D eigenvalue weighted by atomic mass is 35.7. The molecule has 4 nitrogen and oxygen atoms in total. The number of hydrogen-bond acceptors (Lipinski definition) is 4. The van der Waals surface area contributed by atoms with Gasteiger partial charge < -0.3 is 4.74 Å². The lowest BCUT2D eigenvalue weighted by Gasteiger charge is -2.11. The van der Waals surface area contributed by atoms with E-state index in [9.17, 15) is 17.2 Å². The highest BCUT2D eigenvalue weighted by Gasteiger charge is 2.28. The maximum Gasteiger partial charge on any atom is 0.268 e. The van der Waals surface area contributed by atoms with Crippen molar-refractivity contribution in [2.75, 3.05) is 7.11 Å². The van der Waals surface area contributed by atoms with Crippen LogP contribution in [0, 0.1) is 0 Å². The molecule has 1 aromatic rings. The van der Waals surface area contributed by atoms with E-state index in [1.165, 1.54) is 0 Å². The van der Waals surface area contributed by atoms with Crippen LogP contribution in [0.4, 0.5) is 8.78 Å². The lowest BCUT2D eigenvalue weighted by atomic mass is 10.2. The number of alkyl halides is 2. The second-order valence-corrected chi connectivity index (χ2v) is 5.47. The van der Waals surface area contributed by atoms with Crippen molar-refractivity contribution in [3.8, 4) is 5.75 Å². The Morgan fingerprint density at radius 2 is 2.06 bits per heavy atom. The molecule has 0 amide bonds. The van der Waals surface area contributed by atoms with Gasteiger partial charge in [0.25, 0.3) is 15.5 Å². The first-order valence-electron chi connectivity index (χ1n) is 3.74. The molecule has 9 heteroatoms. The van der Waals surface area contributed by atoms with Crippen LogP contribution in [0.25, 0.3) is 0 Å². The van der Waals surface area contributed by atoms with E-state index in [2.05, 4.69) is 9.72 Å². The number of hydrogen-bond donors (Lipinski definition) is 0. The standard InChI is InChI=1S/C7H5Cl2F2NO3S/c1-15-4-3(7(10)11)2-12-6(8)5(4)16(9,13)14/h2,7H,1H3. The molecule has 0 N–H and O–H groups in total. The van der Waals surface area contributed by atoms with Crippen molar-refractivity contribution in [1.29, 1.82) is 0 Å². The van der Waals surface area contributed by atoms with E-state index in [4.69, 9.17) is 22.3 Å². The minimum absolute atomic E-state index is 0.517. The fourth-order valence-electron chi connectivity index (χ4n) is 1.05. The molecule has 90 valence electrons. The quantitative estimate of drug-likeness (QED) is 0.634. The highest BCUT2D eigenvalue weighted by Crippen LogP contribution is 2.38. The molecule has 0 saturated heterocycles. The predicted octanol–water partition coefficient (Wildman–Crippen LogP) is 2.61. The smallest absolute Gasteiger partial charge is 0.268 e. The lowest BCUT2D eigenvalue weighted by Crippen LogP contribution is -2.03. The summed E-state index contributed by atoms with van der Waals surface area (Å²) in [4.78, 5) is 2.56. The van der Waals surface area contributed by atoms with Crippen molar-refractivity contribution in [2.24, 2.45) is 0 Å². The van der Waals surface area contributed by atoms with E-state index < -0.39 is 36.8 Å². The Hall–Kier alpha value is -0.660. The van der Waals surface area contributed by atoms with Crippen LogP contribution >= 0.6 is 22.3 Å². The molecule has 1 aromatic heterocycles. The van der Waals surface area contributed by atoms with E-state index >= 15 is 0 Å². The summed E-state index contributed by atoms with van der Waals surface area (Å²) in [5, 5.41) is -0.517. The van der Waals surface area contributed by atoms with Gasteiger partial charge in [-0.05, 0) is 0 Å². The molecule has 0 atom stereocenters. The van der Waals surface area contributed by atoms with Crippen molar-refractivity contribution < 1.29 is 21.9 Å². The summed E-state index contributed by atoms with van der Waals surface area (Å²) in [6, 6.07) is 0. The van der Waals surface area contributed by atoms with E-state index in [0.29, 0.717) is 0 Å². The van der Waals surface area contributed by atoms with Crippen molar-refractivity contribution >= 4 is 31.3 Å². The molecule has 0 unspecified atom stereocenters. The Balaban J connectivity index is 3.64. The van der Waals surface area contributed by atoms with Gasteiger partial charge in [-0.25, -0.2) is 22.2 Å². The maximum absolute atomic E-state index is 12.5. The minimum atomic E-state index is -4.31. The highest BCUT2D eigenvalue weighted by molar-refractivity contribution is 8.13. The van der Waals surface area contributed by atoms with Crippen molar-refractivity contribution in [2.45, 2.75) is 11.3 Å². The zero-order valence-corrected chi connectivity index (χ0v) is 10.1. The molecule has 0 fully saturated rings. The third kappa shape index (κ3) is 2.53. The summed E-state index contributed by atoms with van der Waals surface area (Å²) in [7, 11) is 1.77. The third-order valence-electron chi connectivity index (χ3n) is 1.66.